The number of benzene rings is 4. The maximum atomic E-state index is 12.7. The van der Waals surface area contributed by atoms with Crippen LogP contribution in [0, 0.1) is 0 Å². The van der Waals surface area contributed by atoms with Gasteiger partial charge in [0, 0.05) is 74.9 Å². The Labute approximate surface area is 219 Å². The van der Waals surface area contributed by atoms with Gasteiger partial charge < -0.3 is 15.1 Å². The SMILES string of the molecule is CN(C)c1ccc(C(=O)Cc2ccc(Nc3ccc(CC(=O)c4ccc(N(C)C)cc4)cc3)cc2)cc1. The second-order valence-electron chi connectivity index (χ2n) is 9.60. The molecule has 0 saturated carbocycles. The standard InChI is InChI=1S/C32H33N3O2/c1-34(2)29-17-9-25(10-18-29)31(36)21-23-5-13-27(14-6-23)33-28-15-7-24(8-16-28)22-32(37)26-11-19-30(20-12-26)35(3)4/h5-20,33H,21-22H2,1-4H3. The van der Waals surface area contributed by atoms with E-state index in [9.17, 15) is 9.59 Å². The molecule has 0 fully saturated rings. The largest absolute Gasteiger partial charge is 0.378 e. The average molecular weight is 492 g/mol. The van der Waals surface area contributed by atoms with Crippen LogP contribution in [-0.4, -0.2) is 39.8 Å². The molecule has 4 aromatic rings. The van der Waals surface area contributed by atoms with Gasteiger partial charge >= 0.3 is 0 Å². The highest BCUT2D eigenvalue weighted by atomic mass is 16.1. The van der Waals surface area contributed by atoms with Gasteiger partial charge in [0.1, 0.15) is 0 Å². The second-order valence-corrected chi connectivity index (χ2v) is 9.60. The molecule has 0 radical (unpaired) electrons. The van der Waals surface area contributed by atoms with E-state index in [1.807, 2.05) is 135 Å². The molecule has 0 heterocycles. The number of hydrogen-bond donors (Lipinski definition) is 1. The van der Waals surface area contributed by atoms with Gasteiger partial charge in [-0.15, -0.1) is 0 Å². The van der Waals surface area contributed by atoms with Crippen LogP contribution in [0.1, 0.15) is 31.8 Å². The summed E-state index contributed by atoms with van der Waals surface area (Å²) in [5, 5.41) is 3.38. The van der Waals surface area contributed by atoms with Crippen molar-refractivity contribution in [3.8, 4) is 0 Å². The Balaban J connectivity index is 1.31. The van der Waals surface area contributed by atoms with Crippen molar-refractivity contribution in [1.82, 2.24) is 0 Å². The minimum absolute atomic E-state index is 0.102. The molecule has 5 heteroatoms. The zero-order valence-electron chi connectivity index (χ0n) is 21.9. The normalized spacial score (nSPS) is 10.6. The first-order chi connectivity index (χ1) is 17.8. The highest BCUT2D eigenvalue weighted by Gasteiger charge is 2.09. The summed E-state index contributed by atoms with van der Waals surface area (Å²) >= 11 is 0. The summed E-state index contributed by atoms with van der Waals surface area (Å²) < 4.78 is 0. The van der Waals surface area contributed by atoms with E-state index in [2.05, 4.69) is 5.32 Å². The van der Waals surface area contributed by atoms with Crippen molar-refractivity contribution in [2.45, 2.75) is 12.8 Å². The van der Waals surface area contributed by atoms with Gasteiger partial charge in [0.05, 0.1) is 0 Å². The van der Waals surface area contributed by atoms with Gasteiger partial charge in [0.15, 0.2) is 11.6 Å². The summed E-state index contributed by atoms with van der Waals surface area (Å²) in [4.78, 5) is 29.3. The summed E-state index contributed by atoms with van der Waals surface area (Å²) in [5.41, 5.74) is 7.41. The molecule has 0 saturated heterocycles. The summed E-state index contributed by atoms with van der Waals surface area (Å²) in [6, 6.07) is 31.2. The molecule has 1 N–H and O–H groups in total. The molecular formula is C32H33N3O2. The lowest BCUT2D eigenvalue weighted by Gasteiger charge is -2.12. The van der Waals surface area contributed by atoms with Gasteiger partial charge in [-0.1, -0.05) is 24.3 Å². The van der Waals surface area contributed by atoms with E-state index in [1.54, 1.807) is 0 Å². The van der Waals surface area contributed by atoms with Crippen molar-refractivity contribution in [2.75, 3.05) is 43.3 Å². The number of nitrogens with one attached hydrogen (secondary N) is 1. The van der Waals surface area contributed by atoms with E-state index in [0.29, 0.717) is 12.8 Å². The highest BCUT2D eigenvalue weighted by molar-refractivity contribution is 5.98. The highest BCUT2D eigenvalue weighted by Crippen LogP contribution is 2.20. The van der Waals surface area contributed by atoms with E-state index in [-0.39, 0.29) is 11.6 Å². The molecule has 0 aliphatic rings. The van der Waals surface area contributed by atoms with Crippen LogP contribution in [0.15, 0.2) is 97.1 Å². The molecule has 0 aliphatic carbocycles. The van der Waals surface area contributed by atoms with Crippen LogP contribution in [0.25, 0.3) is 0 Å². The maximum absolute atomic E-state index is 12.7. The van der Waals surface area contributed by atoms with E-state index >= 15 is 0 Å². The maximum Gasteiger partial charge on any atom is 0.167 e. The third-order valence-electron chi connectivity index (χ3n) is 6.34. The molecular weight excluding hydrogens is 458 g/mol. The first-order valence-corrected chi connectivity index (χ1v) is 12.3. The minimum Gasteiger partial charge on any atom is -0.378 e. The van der Waals surface area contributed by atoms with Crippen LogP contribution in [0.5, 0.6) is 0 Å². The zero-order chi connectivity index (χ0) is 26.4. The molecule has 0 unspecified atom stereocenters. The van der Waals surface area contributed by atoms with Crippen LogP contribution in [0.2, 0.25) is 0 Å². The van der Waals surface area contributed by atoms with E-state index in [0.717, 1.165) is 45.0 Å². The minimum atomic E-state index is 0.102. The summed E-state index contributed by atoms with van der Waals surface area (Å²) in [7, 11) is 7.92. The molecule has 0 amide bonds. The quantitative estimate of drug-likeness (QED) is 0.260. The molecule has 0 aromatic heterocycles. The topological polar surface area (TPSA) is 52.7 Å². The van der Waals surface area contributed by atoms with Gasteiger partial charge in [-0.25, -0.2) is 0 Å². The lowest BCUT2D eigenvalue weighted by molar-refractivity contribution is 0.0985. The Bertz CT molecular complexity index is 1230. The monoisotopic (exact) mass is 491 g/mol. The van der Waals surface area contributed by atoms with Crippen molar-refractivity contribution < 1.29 is 9.59 Å². The lowest BCUT2D eigenvalue weighted by Crippen LogP contribution is -2.09. The number of ketones is 2. The summed E-state index contributed by atoms with van der Waals surface area (Å²) in [6.07, 6.45) is 0.727. The molecule has 0 aliphatic heterocycles. The Hall–Kier alpha value is -4.38. The zero-order valence-corrected chi connectivity index (χ0v) is 21.9. The van der Waals surface area contributed by atoms with Gasteiger partial charge in [0.25, 0.3) is 0 Å². The fourth-order valence-corrected chi connectivity index (χ4v) is 4.04. The van der Waals surface area contributed by atoms with Crippen molar-refractivity contribution >= 4 is 34.3 Å². The van der Waals surface area contributed by atoms with Crippen molar-refractivity contribution in [3.05, 3.63) is 119 Å². The number of nitrogens with zero attached hydrogens (tertiary/aromatic N) is 2. The summed E-state index contributed by atoms with van der Waals surface area (Å²) in [6.45, 7) is 0. The Kier molecular flexibility index (Phi) is 8.04. The van der Waals surface area contributed by atoms with Gasteiger partial charge in [0.2, 0.25) is 0 Å². The number of anilines is 4. The molecule has 4 rings (SSSR count). The van der Waals surface area contributed by atoms with E-state index in [4.69, 9.17) is 0 Å². The second kappa shape index (κ2) is 11.6. The predicted molar refractivity (Wildman–Crippen MR) is 154 cm³/mol. The Morgan fingerprint density at radius 2 is 0.838 bits per heavy atom. The van der Waals surface area contributed by atoms with Crippen LogP contribution in [0.3, 0.4) is 0 Å². The molecule has 0 bridgehead atoms. The first-order valence-electron chi connectivity index (χ1n) is 12.3. The van der Waals surface area contributed by atoms with Gasteiger partial charge in [-0.3, -0.25) is 9.59 Å². The molecule has 5 nitrogen and oxygen atoms in total. The smallest absolute Gasteiger partial charge is 0.167 e. The number of carbonyl (C=O) groups is 2. The third kappa shape index (κ3) is 6.85. The van der Waals surface area contributed by atoms with Gasteiger partial charge in [-0.05, 0) is 83.9 Å². The van der Waals surface area contributed by atoms with Crippen molar-refractivity contribution in [2.24, 2.45) is 0 Å². The molecule has 188 valence electrons. The Morgan fingerprint density at radius 1 is 0.514 bits per heavy atom. The fourth-order valence-electron chi connectivity index (χ4n) is 4.04. The van der Waals surface area contributed by atoms with E-state index in [1.165, 1.54) is 0 Å². The van der Waals surface area contributed by atoms with Crippen LogP contribution >= 0.6 is 0 Å². The predicted octanol–water partition coefficient (Wildman–Crippen LogP) is 6.41. The van der Waals surface area contributed by atoms with Crippen LogP contribution in [0.4, 0.5) is 22.7 Å². The lowest BCUT2D eigenvalue weighted by atomic mass is 10.0. The van der Waals surface area contributed by atoms with Crippen LogP contribution < -0.4 is 15.1 Å². The number of hydrogen-bond acceptors (Lipinski definition) is 5. The summed E-state index contributed by atoms with van der Waals surface area (Å²) in [5.74, 6) is 0.203. The number of rotatable bonds is 10. The van der Waals surface area contributed by atoms with E-state index < -0.39 is 0 Å². The van der Waals surface area contributed by atoms with Crippen LogP contribution in [-0.2, 0) is 12.8 Å². The van der Waals surface area contributed by atoms with Crippen molar-refractivity contribution in [3.63, 3.8) is 0 Å². The first kappa shape index (κ1) is 25.7. The number of carbonyl (C=O) groups excluding carboxylic acids is 2. The molecule has 0 spiro atoms. The molecule has 0 atom stereocenters. The van der Waals surface area contributed by atoms with Gasteiger partial charge in [-0.2, -0.15) is 0 Å². The average Bonchev–Trinajstić information content (AvgIpc) is 2.91. The molecule has 4 aromatic carbocycles. The van der Waals surface area contributed by atoms with Crippen molar-refractivity contribution in [1.29, 1.82) is 0 Å². The Morgan fingerprint density at radius 3 is 1.14 bits per heavy atom. The third-order valence-corrected chi connectivity index (χ3v) is 6.34. The number of Topliss-reactive ketones (excluding diaryl/α,β-unsaturated/α-hetero) is 2. The molecule has 37 heavy (non-hydrogen) atoms. The fraction of sp³-hybridized carbons (Fsp3) is 0.188.